The van der Waals surface area contributed by atoms with E-state index in [2.05, 4.69) is 5.32 Å². The van der Waals surface area contributed by atoms with E-state index in [4.69, 9.17) is 9.84 Å². The highest BCUT2D eigenvalue weighted by Crippen LogP contribution is 2.34. The van der Waals surface area contributed by atoms with Gasteiger partial charge in [-0.15, -0.1) is 23.1 Å². The molecule has 118 valence electrons. The van der Waals surface area contributed by atoms with E-state index in [1.807, 2.05) is 13.8 Å². The van der Waals surface area contributed by atoms with Gasteiger partial charge in [-0.3, -0.25) is 4.79 Å². The molecule has 1 aromatic rings. The fourth-order valence-electron chi connectivity index (χ4n) is 1.90. The molecule has 7 heteroatoms. The van der Waals surface area contributed by atoms with Crippen molar-refractivity contribution in [1.29, 1.82) is 0 Å². The van der Waals surface area contributed by atoms with Gasteiger partial charge >= 0.3 is 5.97 Å². The standard InChI is InChI=1S/C14H21NO4S2/c1-4-10-9(3)21-13(12(10)14(18)19-5-2)15-11(17)8-20-7-6-16/h16H,4-8H2,1-3H3,(H,15,17). The first-order valence-corrected chi connectivity index (χ1v) is 8.80. The van der Waals surface area contributed by atoms with Crippen LogP contribution in [0.4, 0.5) is 5.00 Å². The average molecular weight is 331 g/mol. The molecule has 0 saturated carbocycles. The number of thiophene rings is 1. The minimum Gasteiger partial charge on any atom is -0.462 e. The monoisotopic (exact) mass is 331 g/mol. The van der Waals surface area contributed by atoms with E-state index < -0.39 is 5.97 Å². The zero-order valence-corrected chi connectivity index (χ0v) is 14.2. The molecule has 2 N–H and O–H groups in total. The molecule has 0 fully saturated rings. The molecule has 0 saturated heterocycles. The van der Waals surface area contributed by atoms with Crippen molar-refractivity contribution < 1.29 is 19.4 Å². The minimum atomic E-state index is -0.392. The molecular formula is C14H21NO4S2. The van der Waals surface area contributed by atoms with Crippen molar-refractivity contribution in [3.63, 3.8) is 0 Å². The summed E-state index contributed by atoms with van der Waals surface area (Å²) in [6.07, 6.45) is 0.714. The predicted octanol–water partition coefficient (Wildman–Crippen LogP) is 2.46. The number of carbonyl (C=O) groups excluding carboxylic acids is 2. The maximum atomic E-state index is 12.1. The molecule has 1 amide bonds. The summed E-state index contributed by atoms with van der Waals surface area (Å²) in [5, 5.41) is 12.0. The Morgan fingerprint density at radius 2 is 2.10 bits per heavy atom. The van der Waals surface area contributed by atoms with Crippen molar-refractivity contribution in [3.8, 4) is 0 Å². The van der Waals surface area contributed by atoms with Crippen LogP contribution in [0, 0.1) is 6.92 Å². The summed E-state index contributed by atoms with van der Waals surface area (Å²) in [4.78, 5) is 25.0. The zero-order valence-electron chi connectivity index (χ0n) is 12.5. The summed E-state index contributed by atoms with van der Waals surface area (Å²) in [7, 11) is 0. The second kappa shape index (κ2) is 9.07. The molecule has 21 heavy (non-hydrogen) atoms. The van der Waals surface area contributed by atoms with Gasteiger partial charge in [-0.2, -0.15) is 0 Å². The lowest BCUT2D eigenvalue weighted by atomic mass is 10.1. The van der Waals surface area contributed by atoms with Gasteiger partial charge in [0.2, 0.25) is 5.91 Å². The number of thioether (sulfide) groups is 1. The number of ether oxygens (including phenoxy) is 1. The number of esters is 1. The van der Waals surface area contributed by atoms with Crippen molar-refractivity contribution in [1.82, 2.24) is 0 Å². The number of nitrogens with one attached hydrogen (secondary N) is 1. The van der Waals surface area contributed by atoms with Gasteiger partial charge in [-0.1, -0.05) is 6.92 Å². The van der Waals surface area contributed by atoms with Gasteiger partial charge in [0.05, 0.1) is 24.5 Å². The Bertz CT molecular complexity index is 499. The third-order valence-corrected chi connectivity index (χ3v) is 4.76. The van der Waals surface area contributed by atoms with E-state index in [0.29, 0.717) is 29.3 Å². The number of carbonyl (C=O) groups is 2. The molecule has 0 aliphatic carbocycles. The van der Waals surface area contributed by atoms with Gasteiger partial charge in [0, 0.05) is 10.6 Å². The van der Waals surface area contributed by atoms with Gasteiger partial charge in [0.1, 0.15) is 5.00 Å². The highest BCUT2D eigenvalue weighted by molar-refractivity contribution is 7.99. The van der Waals surface area contributed by atoms with Gasteiger partial charge in [0.25, 0.3) is 0 Å². The van der Waals surface area contributed by atoms with Crippen LogP contribution in [0.25, 0.3) is 0 Å². The molecule has 0 unspecified atom stereocenters. The summed E-state index contributed by atoms with van der Waals surface area (Å²) >= 11 is 2.74. The van der Waals surface area contributed by atoms with Gasteiger partial charge in [0.15, 0.2) is 0 Å². The third-order valence-electron chi connectivity index (χ3n) is 2.76. The van der Waals surface area contributed by atoms with E-state index in [9.17, 15) is 9.59 Å². The number of anilines is 1. The van der Waals surface area contributed by atoms with E-state index >= 15 is 0 Å². The topological polar surface area (TPSA) is 75.6 Å². The van der Waals surface area contributed by atoms with Crippen LogP contribution in [0.15, 0.2) is 0 Å². The van der Waals surface area contributed by atoms with Crippen LogP contribution in [0.3, 0.4) is 0 Å². The van der Waals surface area contributed by atoms with E-state index in [1.54, 1.807) is 6.92 Å². The largest absolute Gasteiger partial charge is 0.462 e. The number of aliphatic hydroxyl groups excluding tert-OH is 1. The number of aliphatic hydroxyl groups is 1. The van der Waals surface area contributed by atoms with Crippen LogP contribution < -0.4 is 5.32 Å². The lowest BCUT2D eigenvalue weighted by molar-refractivity contribution is -0.113. The Labute approximate surface area is 133 Å². The minimum absolute atomic E-state index is 0.0457. The zero-order chi connectivity index (χ0) is 15.8. The van der Waals surface area contributed by atoms with Crippen molar-refractivity contribution in [3.05, 3.63) is 16.0 Å². The lowest BCUT2D eigenvalue weighted by Crippen LogP contribution is -2.17. The first-order chi connectivity index (χ1) is 10.0. The van der Waals surface area contributed by atoms with E-state index in [-0.39, 0.29) is 18.3 Å². The third kappa shape index (κ3) is 5.01. The van der Waals surface area contributed by atoms with Crippen LogP contribution in [0.5, 0.6) is 0 Å². The number of hydrogen-bond acceptors (Lipinski definition) is 6. The van der Waals surface area contributed by atoms with Crippen LogP contribution in [0.1, 0.15) is 34.6 Å². The Balaban J connectivity index is 2.90. The maximum absolute atomic E-state index is 12.1. The van der Waals surface area contributed by atoms with Gasteiger partial charge in [-0.25, -0.2) is 4.79 Å². The molecule has 0 spiro atoms. The summed E-state index contributed by atoms with van der Waals surface area (Å²) in [5.74, 6) is 0.197. The number of amides is 1. The van der Waals surface area contributed by atoms with Crippen molar-refractivity contribution in [2.75, 3.05) is 30.0 Å². The molecular weight excluding hydrogens is 310 g/mol. The summed E-state index contributed by atoms with van der Waals surface area (Å²) in [6, 6.07) is 0. The summed E-state index contributed by atoms with van der Waals surface area (Å²) in [6.45, 7) is 6.01. The number of aryl methyl sites for hydroxylation is 1. The van der Waals surface area contributed by atoms with E-state index in [0.717, 1.165) is 10.4 Å². The first kappa shape index (κ1) is 18.0. The summed E-state index contributed by atoms with van der Waals surface area (Å²) < 4.78 is 5.08. The highest BCUT2D eigenvalue weighted by atomic mass is 32.2. The molecule has 0 radical (unpaired) electrons. The Hall–Kier alpha value is -1.05. The molecule has 0 bridgehead atoms. The Kier molecular flexibility index (Phi) is 7.77. The normalized spacial score (nSPS) is 10.5. The molecule has 5 nitrogen and oxygen atoms in total. The molecule has 1 heterocycles. The van der Waals surface area contributed by atoms with Crippen molar-refractivity contribution in [2.24, 2.45) is 0 Å². The maximum Gasteiger partial charge on any atom is 0.341 e. The Morgan fingerprint density at radius 3 is 2.67 bits per heavy atom. The smallest absolute Gasteiger partial charge is 0.341 e. The summed E-state index contributed by atoms with van der Waals surface area (Å²) in [5.41, 5.74) is 1.40. The van der Waals surface area contributed by atoms with Crippen LogP contribution in [0.2, 0.25) is 0 Å². The van der Waals surface area contributed by atoms with E-state index in [1.165, 1.54) is 23.1 Å². The van der Waals surface area contributed by atoms with Crippen molar-refractivity contribution >= 4 is 40.0 Å². The fraction of sp³-hybridized carbons (Fsp3) is 0.571. The Morgan fingerprint density at radius 1 is 1.38 bits per heavy atom. The SMILES string of the molecule is CCOC(=O)c1c(NC(=O)CSCCO)sc(C)c1CC. The van der Waals surface area contributed by atoms with Crippen LogP contribution >= 0.6 is 23.1 Å². The average Bonchev–Trinajstić information content (AvgIpc) is 2.74. The van der Waals surface area contributed by atoms with Gasteiger partial charge in [-0.05, 0) is 25.8 Å². The number of rotatable bonds is 8. The lowest BCUT2D eigenvalue weighted by Gasteiger charge is -2.07. The quantitative estimate of drug-likeness (QED) is 0.565. The fourth-order valence-corrected chi connectivity index (χ4v) is 3.58. The molecule has 1 aromatic heterocycles. The second-order valence-corrected chi connectivity index (χ2v) is 6.57. The molecule has 0 aliphatic rings. The molecule has 0 aromatic carbocycles. The first-order valence-electron chi connectivity index (χ1n) is 6.82. The van der Waals surface area contributed by atoms with Crippen molar-refractivity contribution in [2.45, 2.75) is 27.2 Å². The number of hydrogen-bond donors (Lipinski definition) is 2. The highest BCUT2D eigenvalue weighted by Gasteiger charge is 2.23. The van der Waals surface area contributed by atoms with Crippen LogP contribution in [-0.4, -0.2) is 41.7 Å². The molecule has 0 aliphatic heterocycles. The molecule has 0 atom stereocenters. The predicted molar refractivity (Wildman–Crippen MR) is 87.4 cm³/mol. The van der Waals surface area contributed by atoms with Crippen LogP contribution in [-0.2, 0) is 16.0 Å². The van der Waals surface area contributed by atoms with Gasteiger partial charge < -0.3 is 15.2 Å². The second-order valence-electron chi connectivity index (χ2n) is 4.24. The molecule has 1 rings (SSSR count).